The zero-order valence-electron chi connectivity index (χ0n) is 23.2. The number of pyridine rings is 1. The molecule has 9 nitrogen and oxygen atoms in total. The maximum Gasteiger partial charge on any atom is 0.254 e. The van der Waals surface area contributed by atoms with E-state index in [1.807, 2.05) is 18.2 Å². The predicted octanol–water partition coefficient (Wildman–Crippen LogP) is 6.69. The van der Waals surface area contributed by atoms with Gasteiger partial charge in [0.1, 0.15) is 5.75 Å². The highest BCUT2D eigenvalue weighted by molar-refractivity contribution is 6.31. The Morgan fingerprint density at radius 2 is 1.88 bits per heavy atom. The van der Waals surface area contributed by atoms with E-state index in [-0.39, 0.29) is 16.8 Å². The number of nitrogens with zero attached hydrogens (tertiary/aromatic N) is 6. The standard InChI is InChI=1S/C31H29Cl2N7O2/c1-19-4-3-5-29(27-12-20(10-11-34-27)23-8-7-22(42-2)14-25(23)35-16-19)39-18-36-26(15-31(39)41)24-13-21(32)6-9-28(24)40-17-30(33)37-38-40/h6-15,17-19,29,35H,3-5,16H2,1-2H3/t19-,29+/m1/s1. The van der Waals surface area contributed by atoms with E-state index in [0.29, 0.717) is 27.9 Å². The number of methoxy groups -OCH3 is 1. The Balaban J connectivity index is 1.42. The predicted molar refractivity (Wildman–Crippen MR) is 165 cm³/mol. The van der Waals surface area contributed by atoms with Crippen LogP contribution in [0.25, 0.3) is 28.1 Å². The van der Waals surface area contributed by atoms with Gasteiger partial charge in [-0.25, -0.2) is 9.67 Å². The minimum atomic E-state index is -0.284. The fourth-order valence-corrected chi connectivity index (χ4v) is 5.69. The maximum atomic E-state index is 13.7. The normalized spacial score (nSPS) is 17.0. The molecule has 1 aliphatic rings. The molecule has 2 atom stereocenters. The average molecular weight is 603 g/mol. The molecule has 2 bridgehead atoms. The summed E-state index contributed by atoms with van der Waals surface area (Å²) in [6.07, 6.45) is 7.65. The van der Waals surface area contributed by atoms with Crippen LogP contribution in [0.3, 0.4) is 0 Å². The van der Waals surface area contributed by atoms with Gasteiger partial charge in [0.2, 0.25) is 0 Å². The summed E-state index contributed by atoms with van der Waals surface area (Å²) in [6, 6.07) is 16.6. The fraction of sp³-hybridized carbons (Fsp3) is 0.258. The van der Waals surface area contributed by atoms with Crippen molar-refractivity contribution >= 4 is 28.9 Å². The monoisotopic (exact) mass is 601 g/mol. The van der Waals surface area contributed by atoms with Crippen molar-refractivity contribution in [2.75, 3.05) is 19.0 Å². The average Bonchev–Trinajstić information content (AvgIpc) is 3.43. The second-order valence-corrected chi connectivity index (χ2v) is 11.3. The van der Waals surface area contributed by atoms with Crippen LogP contribution in [-0.2, 0) is 0 Å². The highest BCUT2D eigenvalue weighted by Gasteiger charge is 2.21. The number of halogens is 2. The van der Waals surface area contributed by atoms with Crippen molar-refractivity contribution in [1.29, 1.82) is 0 Å². The summed E-state index contributed by atoms with van der Waals surface area (Å²) < 4.78 is 8.70. The zero-order valence-corrected chi connectivity index (χ0v) is 24.7. The first-order valence-electron chi connectivity index (χ1n) is 13.7. The molecule has 5 aromatic rings. The molecule has 0 radical (unpaired) electrons. The lowest BCUT2D eigenvalue weighted by molar-refractivity contribution is 0.415. The van der Waals surface area contributed by atoms with Crippen LogP contribution >= 0.6 is 23.2 Å². The zero-order chi connectivity index (χ0) is 29.2. The second kappa shape index (κ2) is 12.0. The molecule has 4 heterocycles. The Kier molecular flexibility index (Phi) is 7.95. The molecule has 0 spiro atoms. The van der Waals surface area contributed by atoms with Gasteiger partial charge in [-0.2, -0.15) is 0 Å². The van der Waals surface area contributed by atoms with E-state index >= 15 is 0 Å². The Labute approximate surface area is 253 Å². The first-order chi connectivity index (χ1) is 20.4. The van der Waals surface area contributed by atoms with E-state index in [9.17, 15) is 4.79 Å². The van der Waals surface area contributed by atoms with Crippen molar-refractivity contribution in [2.45, 2.75) is 32.2 Å². The molecule has 11 heteroatoms. The van der Waals surface area contributed by atoms with Gasteiger partial charge in [-0.3, -0.25) is 14.3 Å². The van der Waals surface area contributed by atoms with Crippen molar-refractivity contribution in [3.63, 3.8) is 0 Å². The van der Waals surface area contributed by atoms with Crippen LogP contribution in [0.1, 0.15) is 37.9 Å². The Morgan fingerprint density at radius 1 is 1.00 bits per heavy atom. The molecule has 6 rings (SSSR count). The molecular weight excluding hydrogens is 573 g/mol. The molecule has 0 saturated heterocycles. The van der Waals surface area contributed by atoms with Crippen LogP contribution < -0.4 is 15.6 Å². The van der Waals surface area contributed by atoms with Crippen molar-refractivity contribution in [1.82, 2.24) is 29.5 Å². The molecule has 0 fully saturated rings. The van der Waals surface area contributed by atoms with E-state index in [4.69, 9.17) is 37.9 Å². The van der Waals surface area contributed by atoms with Crippen LogP contribution in [0, 0.1) is 5.92 Å². The Bertz CT molecular complexity index is 1800. The number of anilines is 1. The molecule has 0 unspecified atom stereocenters. The second-order valence-electron chi connectivity index (χ2n) is 10.5. The van der Waals surface area contributed by atoms with Gasteiger partial charge in [0.25, 0.3) is 5.56 Å². The smallest absolute Gasteiger partial charge is 0.254 e. The summed E-state index contributed by atoms with van der Waals surface area (Å²) in [4.78, 5) is 23.2. The molecule has 0 saturated carbocycles. The third-order valence-electron chi connectivity index (χ3n) is 7.59. The van der Waals surface area contributed by atoms with E-state index in [2.05, 4.69) is 34.7 Å². The van der Waals surface area contributed by atoms with Crippen molar-refractivity contribution < 1.29 is 4.74 Å². The molecule has 42 heavy (non-hydrogen) atoms. The first-order valence-corrected chi connectivity index (χ1v) is 14.5. The Hall–Kier alpha value is -4.21. The van der Waals surface area contributed by atoms with Gasteiger partial charge in [0.05, 0.1) is 42.8 Å². The van der Waals surface area contributed by atoms with Crippen LogP contribution in [0.5, 0.6) is 5.75 Å². The van der Waals surface area contributed by atoms with E-state index in [1.165, 1.54) is 10.7 Å². The third-order valence-corrected chi connectivity index (χ3v) is 8.00. The molecule has 1 aliphatic heterocycles. The lowest BCUT2D eigenvalue weighted by Crippen LogP contribution is -2.26. The van der Waals surface area contributed by atoms with Crippen LogP contribution in [0.4, 0.5) is 5.69 Å². The van der Waals surface area contributed by atoms with E-state index in [1.54, 1.807) is 48.6 Å². The van der Waals surface area contributed by atoms with Crippen LogP contribution in [-0.4, -0.2) is 43.2 Å². The van der Waals surface area contributed by atoms with Crippen LogP contribution in [0.2, 0.25) is 10.2 Å². The number of rotatable bonds is 4. The summed E-state index contributed by atoms with van der Waals surface area (Å²) in [5.41, 5.74) is 5.45. The minimum Gasteiger partial charge on any atom is -0.497 e. The van der Waals surface area contributed by atoms with Gasteiger partial charge in [-0.15, -0.1) is 5.10 Å². The number of benzene rings is 2. The van der Waals surface area contributed by atoms with Crippen molar-refractivity contribution in [3.8, 4) is 33.8 Å². The van der Waals surface area contributed by atoms with Gasteiger partial charge in [0, 0.05) is 46.7 Å². The largest absolute Gasteiger partial charge is 0.497 e. The lowest BCUT2D eigenvalue weighted by atomic mass is 9.95. The van der Waals surface area contributed by atoms with Crippen molar-refractivity contribution in [2.24, 2.45) is 5.92 Å². The minimum absolute atomic E-state index is 0.188. The molecule has 2 aromatic carbocycles. The number of hydrogen-bond donors (Lipinski definition) is 1. The lowest BCUT2D eigenvalue weighted by Gasteiger charge is -2.23. The van der Waals surface area contributed by atoms with Crippen LogP contribution in [0.15, 0.2) is 78.1 Å². The number of ether oxygens (including phenoxy) is 1. The number of fused-ring (bicyclic) bond motifs is 4. The molecule has 0 aliphatic carbocycles. The summed E-state index contributed by atoms with van der Waals surface area (Å²) in [5, 5.41) is 12.3. The van der Waals surface area contributed by atoms with Gasteiger partial charge < -0.3 is 10.1 Å². The van der Waals surface area contributed by atoms with Gasteiger partial charge in [0.15, 0.2) is 5.15 Å². The number of nitrogens with one attached hydrogen (secondary N) is 1. The summed E-state index contributed by atoms with van der Waals surface area (Å²) in [6.45, 7) is 3.07. The SMILES string of the molecule is COc1ccc2c(c1)NC[C@H](C)CCC[C@H](n1cnc(-c3cc(Cl)ccc3-n3cc(Cl)nn3)cc1=O)c1cc-2ccn1. The maximum absolute atomic E-state index is 13.7. The summed E-state index contributed by atoms with van der Waals surface area (Å²) in [5.74, 6) is 1.22. The van der Waals surface area contributed by atoms with Crippen molar-refractivity contribution in [3.05, 3.63) is 99.5 Å². The first kappa shape index (κ1) is 27.9. The quantitative estimate of drug-likeness (QED) is 0.245. The highest BCUT2D eigenvalue weighted by atomic mass is 35.5. The molecular formula is C31H29Cl2N7O2. The summed E-state index contributed by atoms with van der Waals surface area (Å²) >= 11 is 12.4. The Morgan fingerprint density at radius 3 is 2.67 bits per heavy atom. The third kappa shape index (κ3) is 5.75. The molecule has 3 aromatic heterocycles. The number of hydrogen-bond acceptors (Lipinski definition) is 7. The van der Waals surface area contributed by atoms with Gasteiger partial charge in [-0.1, -0.05) is 41.8 Å². The molecule has 0 amide bonds. The molecule has 1 N–H and O–H groups in total. The topological polar surface area (TPSA) is 99.7 Å². The summed E-state index contributed by atoms with van der Waals surface area (Å²) in [7, 11) is 1.67. The highest BCUT2D eigenvalue weighted by Crippen LogP contribution is 2.35. The van der Waals surface area contributed by atoms with Gasteiger partial charge >= 0.3 is 0 Å². The number of aromatic nitrogens is 6. The van der Waals surface area contributed by atoms with E-state index in [0.717, 1.165) is 54.1 Å². The van der Waals surface area contributed by atoms with Gasteiger partial charge in [-0.05, 0) is 66.8 Å². The fourth-order valence-electron chi connectivity index (χ4n) is 5.39. The van der Waals surface area contributed by atoms with E-state index < -0.39 is 0 Å². The molecule has 214 valence electrons.